The second-order valence-electron chi connectivity index (χ2n) is 4.29. The van der Waals surface area contributed by atoms with Gasteiger partial charge >= 0.3 is 0 Å². The fourth-order valence-electron chi connectivity index (χ4n) is 2.27. The summed E-state index contributed by atoms with van der Waals surface area (Å²) in [5.74, 6) is 2.98. The highest BCUT2D eigenvalue weighted by Gasteiger charge is 2.37. The molecule has 0 aromatic carbocycles. The Labute approximate surface area is 98.3 Å². The number of anilines is 1. The summed E-state index contributed by atoms with van der Waals surface area (Å²) in [7, 11) is -2.80. The lowest BCUT2D eigenvalue weighted by molar-refractivity contribution is 0.465. The number of nitrogen functional groups attached to an aromatic ring is 1. The van der Waals surface area contributed by atoms with Crippen LogP contribution in [0.5, 0.6) is 0 Å². The Morgan fingerprint density at radius 1 is 1.44 bits per heavy atom. The molecule has 0 unspecified atom stereocenters. The molecule has 1 saturated heterocycles. The number of nitrogens with zero attached hydrogens (tertiary/aromatic N) is 2. The number of nitrogens with two attached hydrogens (primary N) is 1. The summed E-state index contributed by atoms with van der Waals surface area (Å²) in [4.78, 5) is 0. The standard InChI is InChI=1S/C9H13N3O2S2/c10-9-7-1-2-15-3-8(7)12(11-9)6-4-16(13,14)5-6/h6H,1-5H2,(H2,10,11). The molecule has 0 atom stereocenters. The second kappa shape index (κ2) is 3.40. The zero-order valence-corrected chi connectivity index (χ0v) is 10.4. The Kier molecular flexibility index (Phi) is 2.22. The smallest absolute Gasteiger partial charge is 0.154 e. The molecule has 16 heavy (non-hydrogen) atoms. The monoisotopic (exact) mass is 259 g/mol. The summed E-state index contributed by atoms with van der Waals surface area (Å²) < 4.78 is 24.2. The molecule has 5 nitrogen and oxygen atoms in total. The van der Waals surface area contributed by atoms with E-state index in [0.29, 0.717) is 5.82 Å². The fraction of sp³-hybridized carbons (Fsp3) is 0.667. The summed E-state index contributed by atoms with van der Waals surface area (Å²) in [5.41, 5.74) is 8.12. The first-order chi connectivity index (χ1) is 7.57. The molecule has 3 rings (SSSR count). The van der Waals surface area contributed by atoms with Crippen LogP contribution in [0.2, 0.25) is 0 Å². The number of hydrogen-bond acceptors (Lipinski definition) is 5. The molecule has 3 heterocycles. The Morgan fingerprint density at radius 2 is 2.19 bits per heavy atom. The van der Waals surface area contributed by atoms with E-state index in [9.17, 15) is 8.42 Å². The maximum Gasteiger partial charge on any atom is 0.154 e. The van der Waals surface area contributed by atoms with Crippen LogP contribution in [0, 0.1) is 0 Å². The predicted octanol–water partition coefficient (Wildman–Crippen LogP) is 0.224. The van der Waals surface area contributed by atoms with Crippen LogP contribution >= 0.6 is 11.8 Å². The number of thioether (sulfide) groups is 1. The first kappa shape index (κ1) is 10.5. The Bertz CT molecular complexity index is 523. The van der Waals surface area contributed by atoms with Crippen LogP contribution in [0.25, 0.3) is 0 Å². The minimum absolute atomic E-state index is 0.00903. The van der Waals surface area contributed by atoms with Crippen LogP contribution in [0.4, 0.5) is 5.82 Å². The molecule has 1 fully saturated rings. The lowest BCUT2D eigenvalue weighted by Crippen LogP contribution is -2.39. The first-order valence-corrected chi connectivity index (χ1v) is 8.18. The SMILES string of the molecule is Nc1nn(C2CS(=O)(=O)C2)c2c1CCSC2. The Hall–Kier alpha value is -0.690. The molecule has 1 aromatic heterocycles. The fourth-order valence-corrected chi connectivity index (χ4v) is 4.62. The Balaban J connectivity index is 1.96. The van der Waals surface area contributed by atoms with Gasteiger partial charge in [0.2, 0.25) is 0 Å². The predicted molar refractivity (Wildman–Crippen MR) is 64.2 cm³/mol. The van der Waals surface area contributed by atoms with E-state index >= 15 is 0 Å². The van der Waals surface area contributed by atoms with E-state index in [1.54, 1.807) is 0 Å². The van der Waals surface area contributed by atoms with Crippen molar-refractivity contribution >= 4 is 27.4 Å². The van der Waals surface area contributed by atoms with Crippen molar-refractivity contribution in [3.63, 3.8) is 0 Å². The van der Waals surface area contributed by atoms with E-state index in [4.69, 9.17) is 5.73 Å². The van der Waals surface area contributed by atoms with E-state index in [2.05, 4.69) is 5.10 Å². The number of sulfone groups is 1. The molecule has 2 aliphatic rings. The van der Waals surface area contributed by atoms with Gasteiger partial charge in [-0.05, 0) is 12.2 Å². The zero-order chi connectivity index (χ0) is 11.3. The summed E-state index contributed by atoms with van der Waals surface area (Å²) in [6.45, 7) is 0. The molecule has 0 aliphatic carbocycles. The number of hydrogen-bond donors (Lipinski definition) is 1. The molecule has 2 N–H and O–H groups in total. The van der Waals surface area contributed by atoms with Crippen LogP contribution in [-0.4, -0.2) is 35.5 Å². The van der Waals surface area contributed by atoms with Crippen molar-refractivity contribution in [3.8, 4) is 0 Å². The van der Waals surface area contributed by atoms with Crippen LogP contribution in [-0.2, 0) is 22.0 Å². The third kappa shape index (κ3) is 1.53. The van der Waals surface area contributed by atoms with Gasteiger partial charge in [0.25, 0.3) is 0 Å². The first-order valence-electron chi connectivity index (χ1n) is 5.21. The van der Waals surface area contributed by atoms with E-state index in [1.165, 1.54) is 0 Å². The average molecular weight is 259 g/mol. The van der Waals surface area contributed by atoms with E-state index < -0.39 is 9.84 Å². The molecule has 0 radical (unpaired) electrons. The third-order valence-corrected chi connectivity index (χ3v) is 5.88. The summed E-state index contributed by atoms with van der Waals surface area (Å²) in [6.07, 6.45) is 0.950. The largest absolute Gasteiger partial charge is 0.382 e. The van der Waals surface area contributed by atoms with Crippen molar-refractivity contribution in [3.05, 3.63) is 11.3 Å². The van der Waals surface area contributed by atoms with Gasteiger partial charge < -0.3 is 5.73 Å². The molecule has 0 bridgehead atoms. The van der Waals surface area contributed by atoms with Gasteiger partial charge in [-0.2, -0.15) is 16.9 Å². The molecule has 1 aromatic rings. The van der Waals surface area contributed by atoms with Crippen molar-refractivity contribution in [1.29, 1.82) is 0 Å². The van der Waals surface area contributed by atoms with Gasteiger partial charge in [-0.25, -0.2) is 8.42 Å². The number of rotatable bonds is 1. The van der Waals surface area contributed by atoms with Gasteiger partial charge in [-0.1, -0.05) is 0 Å². The highest BCUT2D eigenvalue weighted by molar-refractivity contribution is 7.98. The maximum absolute atomic E-state index is 11.2. The minimum atomic E-state index is -2.80. The number of aromatic nitrogens is 2. The van der Waals surface area contributed by atoms with Crippen molar-refractivity contribution in [2.45, 2.75) is 18.2 Å². The lowest BCUT2D eigenvalue weighted by Gasteiger charge is -2.28. The topological polar surface area (TPSA) is 78.0 Å². The highest BCUT2D eigenvalue weighted by atomic mass is 32.2. The molecule has 7 heteroatoms. The molecule has 0 spiro atoms. The normalized spacial score (nSPS) is 23.8. The molecule has 0 saturated carbocycles. The van der Waals surface area contributed by atoms with Gasteiger partial charge in [-0.3, -0.25) is 4.68 Å². The zero-order valence-electron chi connectivity index (χ0n) is 8.72. The van der Waals surface area contributed by atoms with E-state index in [-0.39, 0.29) is 17.5 Å². The molecular formula is C9H13N3O2S2. The summed E-state index contributed by atoms with van der Waals surface area (Å²) >= 11 is 1.85. The van der Waals surface area contributed by atoms with Crippen LogP contribution in [0.3, 0.4) is 0 Å². The molecule has 88 valence electrons. The van der Waals surface area contributed by atoms with Gasteiger partial charge in [0.1, 0.15) is 5.82 Å². The lowest BCUT2D eigenvalue weighted by atomic mass is 10.2. The Morgan fingerprint density at radius 3 is 2.88 bits per heavy atom. The molecule has 0 amide bonds. The summed E-state index contributed by atoms with van der Waals surface area (Å²) in [5, 5.41) is 4.30. The van der Waals surface area contributed by atoms with Crippen molar-refractivity contribution < 1.29 is 8.42 Å². The summed E-state index contributed by atoms with van der Waals surface area (Å²) in [6, 6.07) is 0.00903. The van der Waals surface area contributed by atoms with Gasteiger partial charge in [0.15, 0.2) is 9.84 Å². The molecular weight excluding hydrogens is 246 g/mol. The average Bonchev–Trinajstić information content (AvgIpc) is 2.53. The second-order valence-corrected chi connectivity index (χ2v) is 7.55. The molecule has 2 aliphatic heterocycles. The van der Waals surface area contributed by atoms with Crippen molar-refractivity contribution in [1.82, 2.24) is 9.78 Å². The third-order valence-electron chi connectivity index (χ3n) is 3.12. The van der Waals surface area contributed by atoms with Crippen LogP contribution in [0.1, 0.15) is 17.3 Å². The van der Waals surface area contributed by atoms with Gasteiger partial charge in [-0.15, -0.1) is 0 Å². The highest BCUT2D eigenvalue weighted by Crippen LogP contribution is 2.33. The van der Waals surface area contributed by atoms with E-state index in [0.717, 1.165) is 29.2 Å². The van der Waals surface area contributed by atoms with Gasteiger partial charge in [0, 0.05) is 11.3 Å². The van der Waals surface area contributed by atoms with Crippen molar-refractivity contribution in [2.24, 2.45) is 0 Å². The van der Waals surface area contributed by atoms with Gasteiger partial charge in [0.05, 0.1) is 23.2 Å². The number of fused-ring (bicyclic) bond motifs is 1. The maximum atomic E-state index is 11.2. The minimum Gasteiger partial charge on any atom is -0.382 e. The quantitative estimate of drug-likeness (QED) is 0.781. The van der Waals surface area contributed by atoms with Crippen LogP contribution < -0.4 is 5.73 Å². The van der Waals surface area contributed by atoms with Crippen LogP contribution in [0.15, 0.2) is 0 Å². The van der Waals surface area contributed by atoms with E-state index in [1.807, 2.05) is 16.4 Å². The van der Waals surface area contributed by atoms with Crippen molar-refractivity contribution in [2.75, 3.05) is 23.0 Å².